The first kappa shape index (κ1) is 94.0. The highest BCUT2D eigenvalue weighted by atomic mass is 127. The summed E-state index contributed by atoms with van der Waals surface area (Å²) in [6, 6.07) is 135. The highest BCUT2D eigenvalue weighted by Gasteiger charge is 2.49. The number of hydrogen-bond donors (Lipinski definition) is 1. The van der Waals surface area contributed by atoms with Crippen LogP contribution < -0.4 is 95.4 Å². The number of nitriles is 2. The number of rotatable bonds is 13. The van der Waals surface area contributed by atoms with Crippen molar-refractivity contribution in [2.45, 2.75) is 97.4 Å². The van der Waals surface area contributed by atoms with Gasteiger partial charge < -0.3 is 29.8 Å². The van der Waals surface area contributed by atoms with Gasteiger partial charge in [-0.1, -0.05) is 333 Å². The van der Waals surface area contributed by atoms with Crippen LogP contribution >= 0.6 is 24.0 Å². The summed E-state index contributed by atoms with van der Waals surface area (Å²) in [5.74, 6) is -0.720. The van der Waals surface area contributed by atoms with Crippen molar-refractivity contribution in [3.8, 4) is 12.1 Å². The lowest BCUT2D eigenvalue weighted by molar-refractivity contribution is 0.628. The molecule has 8 nitrogen and oxygen atoms in total. The van der Waals surface area contributed by atoms with Gasteiger partial charge in [-0.15, -0.1) is 24.0 Å². The second-order valence-corrected chi connectivity index (χ2v) is 37.2. The lowest BCUT2D eigenvalue weighted by atomic mass is 9.30. The fraction of sp³-hybridized carbons (Fsp3) is 0.113. The first-order valence-corrected chi connectivity index (χ1v) is 47.2. The zero-order chi connectivity index (χ0) is 94.7. The zero-order valence-electron chi connectivity index (χ0n) is 79.9. The number of nitrogens with zero attached hydrogens (tertiary/aromatic N) is 7. The molecule has 676 valence electrons. The summed E-state index contributed by atoms with van der Waals surface area (Å²) < 4.78 is 31.3. The van der Waals surface area contributed by atoms with Gasteiger partial charge in [0.25, 0.3) is 0 Å². The summed E-state index contributed by atoms with van der Waals surface area (Å²) >= 11 is 0. The number of benzene rings is 18. The molecule has 0 aromatic heterocycles. The van der Waals surface area contributed by atoms with Crippen LogP contribution in [0, 0.1) is 124 Å². The smallest absolute Gasteiger partial charge is 0.247 e. The maximum Gasteiger partial charge on any atom is 0.247 e. The van der Waals surface area contributed by atoms with Crippen molar-refractivity contribution < 1.29 is 8.78 Å². The zero-order valence-corrected chi connectivity index (χ0v) is 82.2. The summed E-state index contributed by atoms with van der Waals surface area (Å²) in [5, 5.41) is 27.3. The van der Waals surface area contributed by atoms with Gasteiger partial charge in [0.2, 0.25) is 26.9 Å². The third-order valence-corrected chi connectivity index (χ3v) is 27.7. The first-order valence-electron chi connectivity index (χ1n) is 47.2. The molecular formula is C124H107B4F2IN8. The molecule has 18 aromatic carbocycles. The van der Waals surface area contributed by atoms with Gasteiger partial charge in [-0.25, -0.2) is 8.78 Å². The highest BCUT2D eigenvalue weighted by molar-refractivity contribution is 14.0. The second kappa shape index (κ2) is 39.4. The van der Waals surface area contributed by atoms with E-state index < -0.39 is 0 Å². The van der Waals surface area contributed by atoms with Crippen molar-refractivity contribution in [3.63, 3.8) is 0 Å². The van der Waals surface area contributed by atoms with Gasteiger partial charge in [-0.2, -0.15) is 10.5 Å². The molecule has 0 saturated heterocycles. The third-order valence-electron chi connectivity index (χ3n) is 27.7. The molecule has 15 heteroatoms. The molecule has 0 fully saturated rings. The maximum absolute atomic E-state index is 15.7. The fourth-order valence-corrected chi connectivity index (χ4v) is 22.7. The predicted molar refractivity (Wildman–Crippen MR) is 600 cm³/mol. The molecule has 0 radical (unpaired) electrons. The molecule has 0 unspecified atom stereocenters. The van der Waals surface area contributed by atoms with E-state index in [2.05, 4.69) is 350 Å². The van der Waals surface area contributed by atoms with Crippen LogP contribution in [-0.2, 0) is 0 Å². The molecule has 0 atom stereocenters. The largest absolute Gasteiger partial charge is 0.356 e. The van der Waals surface area contributed by atoms with Crippen molar-refractivity contribution in [2.24, 2.45) is 0 Å². The molecule has 18 aromatic rings. The van der Waals surface area contributed by atoms with Crippen molar-refractivity contribution in [1.82, 2.24) is 0 Å². The van der Waals surface area contributed by atoms with Gasteiger partial charge >= 0.3 is 0 Å². The highest BCUT2D eigenvalue weighted by Crippen LogP contribution is 2.50. The van der Waals surface area contributed by atoms with Crippen molar-refractivity contribution in [2.75, 3.05) is 29.8 Å². The van der Waals surface area contributed by atoms with E-state index in [1.807, 2.05) is 133 Å². The minimum atomic E-state index is -0.360. The minimum absolute atomic E-state index is 0. The Morgan fingerprint density at radius 3 is 0.755 bits per heavy atom. The van der Waals surface area contributed by atoms with E-state index in [0.717, 1.165) is 140 Å². The number of anilines is 17. The van der Waals surface area contributed by atoms with Gasteiger partial charge in [-0.05, 0) is 279 Å². The molecule has 4 aliphatic rings. The van der Waals surface area contributed by atoms with E-state index in [0.29, 0.717) is 33.9 Å². The maximum atomic E-state index is 15.7. The van der Waals surface area contributed by atoms with Crippen molar-refractivity contribution in [3.05, 3.63) is 471 Å². The summed E-state index contributed by atoms with van der Waals surface area (Å²) in [4.78, 5) is 11.2. The van der Waals surface area contributed by atoms with Crippen LogP contribution in [0.25, 0.3) is 0 Å². The summed E-state index contributed by atoms with van der Waals surface area (Å²) in [7, 11) is 0. The van der Waals surface area contributed by atoms with Crippen LogP contribution in [0.15, 0.2) is 376 Å². The molecule has 22 rings (SSSR count). The van der Waals surface area contributed by atoms with E-state index in [4.69, 9.17) is 0 Å². The number of aryl methyl sites for hydroxylation is 13. The first-order chi connectivity index (χ1) is 66.6. The number of fused-ring (bicyclic) bond motifs is 8. The second-order valence-electron chi connectivity index (χ2n) is 37.2. The van der Waals surface area contributed by atoms with Crippen LogP contribution in [0.1, 0.15) is 90.9 Å². The Morgan fingerprint density at radius 2 is 0.482 bits per heavy atom. The molecular weight excluding hydrogens is 1810 g/mol. The minimum Gasteiger partial charge on any atom is -0.356 e. The normalized spacial score (nSPS) is 12.2. The standard InChI is InChI=1S/C62H52B2N4.C49H39B2F2N3.C12H11N.CH4.HI/c1-40-28-30-53-57(36-40)67(49-24-16-10-17-25-49)61-52(39-65)62-56(38-55(61)63(53)59-43(4)32-41(2)33-44(59)5)64(60-45(6)34-42(3)35-46(60)7)54-31-29-51(37-58(54)68(62)50-26-18-11-19-27-50)66(47-20-12-8-13-21-47)48-22-14-9-15-23-48;1-29-21-31(3)46(32(4)22-29)50-40-19-17-35(52)25-44(40)55(37-13-9-7-10-14-37)48-39(28-54)49-43(27-42(48)50)51(47-33(5)23-30(2)24-34(47)6)41-20-18-36(53)26-45(41)56(49)38-15-11-8-12-16-38;1-3-7-11(8-4-1)13-12-9-5-2-6-10-12;;/h8-38H,1-7H3;7-27H,1-6H3;1-10,13H;1H4;1H. The topological polar surface area (TPSA) is 75.8 Å². The molecule has 4 heterocycles. The van der Waals surface area contributed by atoms with Crippen molar-refractivity contribution in [1.29, 1.82) is 10.5 Å². The molecule has 1 N–H and O–H groups in total. The Kier molecular flexibility index (Phi) is 26.6. The Morgan fingerprint density at radius 1 is 0.245 bits per heavy atom. The van der Waals surface area contributed by atoms with Crippen LogP contribution in [0.3, 0.4) is 0 Å². The van der Waals surface area contributed by atoms with Crippen LogP contribution in [0.5, 0.6) is 0 Å². The molecule has 0 saturated carbocycles. The van der Waals surface area contributed by atoms with E-state index in [9.17, 15) is 10.5 Å². The summed E-state index contributed by atoms with van der Waals surface area (Å²) in [6.07, 6.45) is 0. The summed E-state index contributed by atoms with van der Waals surface area (Å²) in [6.45, 7) is 27.4. The summed E-state index contributed by atoms with van der Waals surface area (Å²) in [5.41, 5.74) is 45.7. The Balaban J connectivity index is 0.000000163. The average Bonchev–Trinajstić information content (AvgIpc) is 0.705. The molecule has 0 bridgehead atoms. The number of halogens is 3. The number of nitrogens with one attached hydrogen (secondary N) is 1. The molecule has 0 spiro atoms. The molecule has 139 heavy (non-hydrogen) atoms. The average molecular weight is 1920 g/mol. The van der Waals surface area contributed by atoms with Crippen LogP contribution in [0.2, 0.25) is 0 Å². The van der Waals surface area contributed by atoms with E-state index in [-0.39, 0.29) is 69.9 Å². The molecule has 4 aliphatic heterocycles. The number of hydrogen-bond acceptors (Lipinski definition) is 8. The monoisotopic (exact) mass is 1920 g/mol. The van der Waals surface area contributed by atoms with Crippen molar-refractivity contribution >= 4 is 213 Å². The lowest BCUT2D eigenvalue weighted by Gasteiger charge is -2.44. The third kappa shape index (κ3) is 17.3. The van der Waals surface area contributed by atoms with E-state index in [1.165, 1.54) is 71.9 Å². The Labute approximate surface area is 836 Å². The molecule has 0 aliphatic carbocycles. The quantitative estimate of drug-likeness (QED) is 0.0904. The van der Waals surface area contributed by atoms with Gasteiger partial charge in [0.05, 0.1) is 33.9 Å². The lowest BCUT2D eigenvalue weighted by Crippen LogP contribution is -2.63. The van der Waals surface area contributed by atoms with Crippen LogP contribution in [-0.4, -0.2) is 26.9 Å². The Hall–Kier alpha value is -15.4. The SMILES string of the molecule is C.Cc1cc(C)c(B2c3ccc(C)cc3N(c3ccccc3)c3c2cc2c(c3C#N)N(c3ccccc3)c3cc(N(c4ccccc4)c4ccccc4)ccc3B2c2c(C)cc(C)cc2C)c(C)c1.Cc1cc(C)c(B2c3ccc(F)cc3N(c3ccccc3)c3c2cc2c(c3C#N)N(c3ccccc3)c3cc(F)ccc3B2c2c(C)cc(C)cc2C)c(C)c1.I.c1ccc(Nc2ccccc2)cc1. The van der Waals surface area contributed by atoms with Gasteiger partial charge in [0, 0.05) is 73.9 Å². The van der Waals surface area contributed by atoms with Crippen LogP contribution in [0.4, 0.5) is 105 Å². The van der Waals surface area contributed by atoms with E-state index >= 15 is 8.78 Å². The van der Waals surface area contributed by atoms with E-state index in [1.54, 1.807) is 24.3 Å². The Bertz CT molecular complexity index is 7470. The predicted octanol–water partition coefficient (Wildman–Crippen LogP) is 24.8. The van der Waals surface area contributed by atoms with Gasteiger partial charge in [-0.3, -0.25) is 0 Å². The van der Waals surface area contributed by atoms with Gasteiger partial charge in [0.1, 0.15) is 23.8 Å². The molecule has 0 amide bonds. The van der Waals surface area contributed by atoms with Gasteiger partial charge in [0.15, 0.2) is 0 Å². The number of para-hydroxylation sites is 8. The fourth-order valence-electron chi connectivity index (χ4n) is 22.7.